The number of hydrogen-bond acceptors (Lipinski definition) is 3. The molecule has 0 N–H and O–H groups in total. The zero-order valence-corrected chi connectivity index (χ0v) is 17.4. The predicted molar refractivity (Wildman–Crippen MR) is 118 cm³/mol. The fourth-order valence-corrected chi connectivity index (χ4v) is 4.32. The summed E-state index contributed by atoms with van der Waals surface area (Å²) in [6.07, 6.45) is 2.74. The van der Waals surface area contributed by atoms with E-state index in [2.05, 4.69) is 35.0 Å². The van der Waals surface area contributed by atoms with Crippen LogP contribution in [0.25, 0.3) is 6.08 Å². The van der Waals surface area contributed by atoms with Gasteiger partial charge in [-0.3, -0.25) is 4.79 Å². The van der Waals surface area contributed by atoms with Crippen LogP contribution in [0, 0.1) is 0 Å². The third-order valence-corrected chi connectivity index (χ3v) is 5.97. The number of carbonyl (C=O) groups is 1. The van der Waals surface area contributed by atoms with Crippen molar-refractivity contribution in [3.05, 3.63) is 63.6 Å². The first-order valence-corrected chi connectivity index (χ1v) is 10.3. The van der Waals surface area contributed by atoms with E-state index in [9.17, 15) is 4.79 Å². The van der Waals surface area contributed by atoms with Crippen LogP contribution in [0.3, 0.4) is 0 Å². The molecule has 0 atom stereocenters. The lowest BCUT2D eigenvalue weighted by molar-refractivity contribution is -0.114. The van der Waals surface area contributed by atoms with Crippen molar-refractivity contribution in [2.45, 2.75) is 6.42 Å². The third kappa shape index (κ3) is 3.90. The predicted octanol–water partition coefficient (Wildman–Crippen LogP) is 4.57. The Bertz CT molecular complexity index is 920. The molecule has 2 aromatic carbocycles. The van der Waals surface area contributed by atoms with E-state index in [-0.39, 0.29) is 5.91 Å². The number of nitrogens with zero attached hydrogens (tertiary/aromatic N) is 3. The molecule has 0 aliphatic carbocycles. The van der Waals surface area contributed by atoms with Gasteiger partial charge >= 0.3 is 0 Å². The Kier molecular flexibility index (Phi) is 5.63. The summed E-state index contributed by atoms with van der Waals surface area (Å²) in [7, 11) is 2.15. The Hall–Kier alpha value is -2.01. The highest BCUT2D eigenvalue weighted by Crippen LogP contribution is 2.34. The highest BCUT2D eigenvalue weighted by molar-refractivity contribution is 6.37. The SMILES string of the molecule is CN1CCN(c2ccccc2C=C2CCN(c3ccc(Cl)cc3Cl)C2=O)CC1. The number of piperazine rings is 1. The summed E-state index contributed by atoms with van der Waals surface area (Å²) in [6.45, 7) is 4.72. The number of carbonyl (C=O) groups excluding carboxylic acids is 1. The smallest absolute Gasteiger partial charge is 0.254 e. The summed E-state index contributed by atoms with van der Waals surface area (Å²) >= 11 is 12.3. The second-order valence-electron chi connectivity index (χ2n) is 7.32. The molecule has 2 heterocycles. The molecule has 2 aliphatic heterocycles. The number of halogens is 2. The first-order chi connectivity index (χ1) is 13.5. The number of anilines is 2. The molecule has 0 radical (unpaired) electrons. The minimum atomic E-state index is 0.0115. The molecule has 28 heavy (non-hydrogen) atoms. The number of hydrogen-bond donors (Lipinski definition) is 0. The molecule has 2 saturated heterocycles. The van der Waals surface area contributed by atoms with E-state index in [1.807, 2.05) is 18.2 Å². The van der Waals surface area contributed by atoms with Gasteiger partial charge in [-0.25, -0.2) is 0 Å². The van der Waals surface area contributed by atoms with E-state index in [1.54, 1.807) is 17.0 Å². The summed E-state index contributed by atoms with van der Waals surface area (Å²) in [4.78, 5) is 19.5. The van der Waals surface area contributed by atoms with Crippen molar-refractivity contribution in [3.63, 3.8) is 0 Å². The minimum Gasteiger partial charge on any atom is -0.368 e. The minimum absolute atomic E-state index is 0.0115. The molecule has 0 unspecified atom stereocenters. The van der Waals surface area contributed by atoms with Crippen molar-refractivity contribution in [2.24, 2.45) is 0 Å². The van der Waals surface area contributed by atoms with E-state index in [4.69, 9.17) is 23.2 Å². The van der Waals surface area contributed by atoms with Crippen LogP contribution in [-0.2, 0) is 4.79 Å². The molecule has 0 bridgehead atoms. The first kappa shape index (κ1) is 19.3. The van der Waals surface area contributed by atoms with Crippen molar-refractivity contribution < 1.29 is 4.79 Å². The number of para-hydroxylation sites is 1. The van der Waals surface area contributed by atoms with Gasteiger partial charge in [-0.1, -0.05) is 41.4 Å². The zero-order chi connectivity index (χ0) is 19.7. The standard InChI is InChI=1S/C22H23Cl2N3O/c1-25-10-12-26(13-11-25)20-5-3-2-4-16(20)14-17-8-9-27(22(17)28)21-7-6-18(23)15-19(21)24/h2-7,14-15H,8-13H2,1H3. The van der Waals surface area contributed by atoms with Gasteiger partial charge in [0.1, 0.15) is 0 Å². The van der Waals surface area contributed by atoms with Crippen molar-refractivity contribution in [2.75, 3.05) is 49.6 Å². The largest absolute Gasteiger partial charge is 0.368 e. The molecule has 4 rings (SSSR count). The number of rotatable bonds is 3. The topological polar surface area (TPSA) is 26.8 Å². The molecule has 6 heteroatoms. The molecule has 2 aliphatic rings. The number of benzene rings is 2. The highest BCUT2D eigenvalue weighted by Gasteiger charge is 2.29. The Morgan fingerprint density at radius 1 is 0.929 bits per heavy atom. The van der Waals surface area contributed by atoms with Crippen LogP contribution in [0.5, 0.6) is 0 Å². The molecule has 2 fully saturated rings. The highest BCUT2D eigenvalue weighted by atomic mass is 35.5. The molecule has 1 amide bonds. The van der Waals surface area contributed by atoms with Crippen molar-refractivity contribution in [1.82, 2.24) is 4.90 Å². The lowest BCUT2D eigenvalue weighted by Crippen LogP contribution is -2.44. The molecule has 0 saturated carbocycles. The van der Waals surface area contributed by atoms with Crippen LogP contribution in [0.4, 0.5) is 11.4 Å². The Morgan fingerprint density at radius 2 is 1.68 bits per heavy atom. The van der Waals surface area contributed by atoms with Gasteiger partial charge in [0, 0.05) is 49.0 Å². The fourth-order valence-electron chi connectivity index (χ4n) is 3.81. The van der Waals surface area contributed by atoms with Crippen molar-refractivity contribution in [3.8, 4) is 0 Å². The maximum absolute atomic E-state index is 13.0. The average Bonchev–Trinajstić information content (AvgIpc) is 3.03. The lowest BCUT2D eigenvalue weighted by Gasteiger charge is -2.35. The Labute approximate surface area is 175 Å². The first-order valence-electron chi connectivity index (χ1n) is 9.53. The molecule has 2 aromatic rings. The van der Waals surface area contributed by atoms with Gasteiger partial charge in [-0.2, -0.15) is 0 Å². The fraction of sp³-hybridized carbons (Fsp3) is 0.318. The van der Waals surface area contributed by atoms with Crippen LogP contribution < -0.4 is 9.80 Å². The molecule has 4 nitrogen and oxygen atoms in total. The van der Waals surface area contributed by atoms with Gasteiger partial charge in [0.2, 0.25) is 0 Å². The van der Waals surface area contributed by atoms with Gasteiger partial charge in [0.05, 0.1) is 10.7 Å². The molecule has 0 spiro atoms. The molecular formula is C22H23Cl2N3O. The van der Waals surface area contributed by atoms with Crippen LogP contribution >= 0.6 is 23.2 Å². The molecule has 146 valence electrons. The van der Waals surface area contributed by atoms with E-state index >= 15 is 0 Å². The van der Waals surface area contributed by atoms with Crippen molar-refractivity contribution in [1.29, 1.82) is 0 Å². The lowest BCUT2D eigenvalue weighted by atomic mass is 10.1. The summed E-state index contributed by atoms with van der Waals surface area (Å²) in [5, 5.41) is 1.07. The van der Waals surface area contributed by atoms with E-state index < -0.39 is 0 Å². The summed E-state index contributed by atoms with van der Waals surface area (Å²) < 4.78 is 0. The Balaban J connectivity index is 1.59. The van der Waals surface area contributed by atoms with Gasteiger partial charge in [-0.05, 0) is 49.4 Å². The second kappa shape index (κ2) is 8.16. The number of amides is 1. The van der Waals surface area contributed by atoms with Gasteiger partial charge in [-0.15, -0.1) is 0 Å². The van der Waals surface area contributed by atoms with Gasteiger partial charge < -0.3 is 14.7 Å². The van der Waals surface area contributed by atoms with Crippen LogP contribution in [0.2, 0.25) is 10.0 Å². The third-order valence-electron chi connectivity index (χ3n) is 5.44. The maximum Gasteiger partial charge on any atom is 0.254 e. The van der Waals surface area contributed by atoms with Gasteiger partial charge in [0.15, 0.2) is 0 Å². The monoisotopic (exact) mass is 415 g/mol. The van der Waals surface area contributed by atoms with E-state index in [0.717, 1.165) is 37.3 Å². The number of likely N-dealkylation sites (N-methyl/N-ethyl adjacent to an activating group) is 1. The maximum atomic E-state index is 13.0. The summed E-state index contributed by atoms with van der Waals surface area (Å²) in [5.74, 6) is 0.0115. The van der Waals surface area contributed by atoms with E-state index in [0.29, 0.717) is 28.7 Å². The second-order valence-corrected chi connectivity index (χ2v) is 8.16. The molecular weight excluding hydrogens is 393 g/mol. The zero-order valence-electron chi connectivity index (χ0n) is 15.9. The quantitative estimate of drug-likeness (QED) is 0.687. The van der Waals surface area contributed by atoms with Crippen LogP contribution in [-0.4, -0.2) is 50.6 Å². The summed E-state index contributed by atoms with van der Waals surface area (Å²) in [6, 6.07) is 13.6. The molecule has 0 aromatic heterocycles. The normalized spacial score (nSPS) is 19.7. The Morgan fingerprint density at radius 3 is 2.43 bits per heavy atom. The summed E-state index contributed by atoms with van der Waals surface area (Å²) in [5.41, 5.74) is 3.82. The van der Waals surface area contributed by atoms with Gasteiger partial charge in [0.25, 0.3) is 5.91 Å². The van der Waals surface area contributed by atoms with Crippen LogP contribution in [0.15, 0.2) is 48.0 Å². The van der Waals surface area contributed by atoms with Crippen LogP contribution in [0.1, 0.15) is 12.0 Å². The van der Waals surface area contributed by atoms with E-state index in [1.165, 1.54) is 5.69 Å². The average molecular weight is 416 g/mol. The van der Waals surface area contributed by atoms with Crippen molar-refractivity contribution >= 4 is 46.6 Å².